The highest BCUT2D eigenvalue weighted by atomic mass is 32.2. The molecule has 0 radical (unpaired) electrons. The van der Waals surface area contributed by atoms with Crippen LogP contribution in [0.5, 0.6) is 5.75 Å². The van der Waals surface area contributed by atoms with Crippen molar-refractivity contribution in [1.82, 2.24) is 9.80 Å². The first-order chi connectivity index (χ1) is 12.1. The molecule has 1 aliphatic rings. The number of piperazine rings is 1. The van der Waals surface area contributed by atoms with Crippen molar-refractivity contribution in [3.8, 4) is 5.75 Å². The number of benzene rings is 1. The fourth-order valence-corrected chi connectivity index (χ4v) is 3.32. The maximum Gasteiger partial charge on any atom is 0.257 e. The lowest BCUT2D eigenvalue weighted by atomic mass is 10.1. The zero-order valence-corrected chi connectivity index (χ0v) is 15.8. The molecule has 0 aromatic heterocycles. The molecule has 7 heteroatoms. The van der Waals surface area contributed by atoms with Gasteiger partial charge in [-0.3, -0.25) is 9.59 Å². The maximum absolute atomic E-state index is 12.8. The van der Waals surface area contributed by atoms with Gasteiger partial charge in [0.25, 0.3) is 5.91 Å². The first-order valence-electron chi connectivity index (χ1n) is 8.62. The molecule has 1 saturated heterocycles. The van der Waals surface area contributed by atoms with Gasteiger partial charge in [-0.2, -0.15) is 11.8 Å². The van der Waals surface area contributed by atoms with Crippen LogP contribution in [0.3, 0.4) is 0 Å². The summed E-state index contributed by atoms with van der Waals surface area (Å²) in [5, 5.41) is 0. The highest BCUT2D eigenvalue weighted by Gasteiger charge is 2.28. The fourth-order valence-electron chi connectivity index (χ4n) is 2.83. The number of hydrogen-bond acceptors (Lipinski definition) is 5. The number of carbonyl (C=O) groups excluding carboxylic acids is 2. The Bertz CT molecular complexity index is 589. The Kier molecular flexibility index (Phi) is 7.58. The Hall–Kier alpha value is -1.73. The first kappa shape index (κ1) is 19.6. The van der Waals surface area contributed by atoms with Crippen molar-refractivity contribution in [3.63, 3.8) is 0 Å². The van der Waals surface area contributed by atoms with Crippen molar-refractivity contribution in [2.45, 2.75) is 19.4 Å². The number of carbonyl (C=O) groups is 2. The second kappa shape index (κ2) is 9.68. The normalized spacial score (nSPS) is 15.8. The smallest absolute Gasteiger partial charge is 0.257 e. The molecule has 1 aromatic rings. The van der Waals surface area contributed by atoms with Gasteiger partial charge >= 0.3 is 0 Å². The van der Waals surface area contributed by atoms with E-state index in [1.807, 2.05) is 25.3 Å². The van der Waals surface area contributed by atoms with E-state index in [9.17, 15) is 9.59 Å². The summed E-state index contributed by atoms with van der Waals surface area (Å²) >= 11 is 1.69. The number of hydrogen-bond donors (Lipinski definition) is 1. The molecule has 1 aromatic carbocycles. The molecule has 1 heterocycles. The van der Waals surface area contributed by atoms with Gasteiger partial charge < -0.3 is 20.3 Å². The van der Waals surface area contributed by atoms with Crippen LogP contribution in [-0.2, 0) is 4.79 Å². The molecule has 2 rings (SSSR count). The van der Waals surface area contributed by atoms with E-state index in [-0.39, 0.29) is 11.8 Å². The SMILES string of the molecule is CCOc1ccccc1C(=O)N1CCN(C(=O)[C@@H](N)CCSC)CC1. The van der Waals surface area contributed by atoms with Crippen LogP contribution in [0.15, 0.2) is 24.3 Å². The lowest BCUT2D eigenvalue weighted by Crippen LogP contribution is -2.54. The second-order valence-corrected chi connectivity index (χ2v) is 6.92. The molecule has 2 N–H and O–H groups in total. The average Bonchev–Trinajstić information content (AvgIpc) is 2.65. The minimum atomic E-state index is -0.451. The van der Waals surface area contributed by atoms with Crippen LogP contribution in [0.2, 0.25) is 0 Å². The minimum absolute atomic E-state index is 0.0177. The highest BCUT2D eigenvalue weighted by molar-refractivity contribution is 7.98. The molecule has 0 spiro atoms. The molecule has 0 saturated carbocycles. The number of nitrogens with two attached hydrogens (primary N) is 1. The van der Waals surface area contributed by atoms with E-state index in [2.05, 4.69) is 0 Å². The van der Waals surface area contributed by atoms with Crippen LogP contribution in [0.1, 0.15) is 23.7 Å². The van der Waals surface area contributed by atoms with Gasteiger partial charge in [0.15, 0.2) is 0 Å². The monoisotopic (exact) mass is 365 g/mol. The fraction of sp³-hybridized carbons (Fsp3) is 0.556. The van der Waals surface area contributed by atoms with E-state index in [1.165, 1.54) is 0 Å². The van der Waals surface area contributed by atoms with Crippen LogP contribution in [-0.4, -0.2) is 72.5 Å². The van der Waals surface area contributed by atoms with E-state index in [0.29, 0.717) is 50.5 Å². The summed E-state index contributed by atoms with van der Waals surface area (Å²) < 4.78 is 5.55. The minimum Gasteiger partial charge on any atom is -0.493 e. The van der Waals surface area contributed by atoms with E-state index < -0.39 is 6.04 Å². The summed E-state index contributed by atoms with van der Waals surface area (Å²) in [5.74, 6) is 1.41. The Morgan fingerprint density at radius 1 is 1.20 bits per heavy atom. The number of ether oxygens (including phenoxy) is 1. The number of para-hydroxylation sites is 1. The van der Waals surface area contributed by atoms with Crippen molar-refractivity contribution >= 4 is 23.6 Å². The summed E-state index contributed by atoms with van der Waals surface area (Å²) in [4.78, 5) is 28.7. The average molecular weight is 365 g/mol. The zero-order chi connectivity index (χ0) is 18.2. The Balaban J connectivity index is 1.93. The molecule has 25 heavy (non-hydrogen) atoms. The summed E-state index contributed by atoms with van der Waals surface area (Å²) in [6.45, 7) is 4.48. The quantitative estimate of drug-likeness (QED) is 0.791. The third-order valence-corrected chi connectivity index (χ3v) is 4.89. The third kappa shape index (κ3) is 5.12. The van der Waals surface area contributed by atoms with E-state index in [0.717, 1.165) is 5.75 Å². The number of nitrogens with zero attached hydrogens (tertiary/aromatic N) is 2. The summed E-state index contributed by atoms with van der Waals surface area (Å²) in [5.41, 5.74) is 6.54. The molecule has 1 atom stereocenters. The Labute approximate surface area is 153 Å². The van der Waals surface area contributed by atoms with E-state index in [1.54, 1.807) is 33.7 Å². The summed E-state index contributed by atoms with van der Waals surface area (Å²) in [6, 6.07) is 6.83. The van der Waals surface area contributed by atoms with Gasteiger partial charge in [-0.05, 0) is 37.5 Å². The van der Waals surface area contributed by atoms with Crippen molar-refractivity contribution in [2.24, 2.45) is 5.73 Å². The summed E-state index contributed by atoms with van der Waals surface area (Å²) in [6.07, 6.45) is 2.68. The first-order valence-corrected chi connectivity index (χ1v) is 10.0. The maximum atomic E-state index is 12.8. The van der Waals surface area contributed by atoms with Gasteiger partial charge in [0.1, 0.15) is 5.75 Å². The van der Waals surface area contributed by atoms with Crippen molar-refractivity contribution in [2.75, 3.05) is 44.8 Å². The van der Waals surface area contributed by atoms with Crippen LogP contribution < -0.4 is 10.5 Å². The lowest BCUT2D eigenvalue weighted by Gasteiger charge is -2.36. The van der Waals surface area contributed by atoms with Crippen LogP contribution in [0.25, 0.3) is 0 Å². The molecule has 1 aliphatic heterocycles. The molecule has 0 aliphatic carbocycles. The molecule has 2 amide bonds. The molecule has 6 nitrogen and oxygen atoms in total. The van der Waals surface area contributed by atoms with Crippen LogP contribution in [0, 0.1) is 0 Å². The van der Waals surface area contributed by atoms with Gasteiger partial charge in [0, 0.05) is 26.2 Å². The Morgan fingerprint density at radius 2 is 1.84 bits per heavy atom. The number of amides is 2. The number of thioether (sulfide) groups is 1. The largest absolute Gasteiger partial charge is 0.493 e. The van der Waals surface area contributed by atoms with Gasteiger partial charge in [0.2, 0.25) is 5.91 Å². The molecule has 1 fully saturated rings. The van der Waals surface area contributed by atoms with Gasteiger partial charge in [-0.25, -0.2) is 0 Å². The van der Waals surface area contributed by atoms with Crippen LogP contribution >= 0.6 is 11.8 Å². The predicted octanol–water partition coefficient (Wildman–Crippen LogP) is 1.45. The van der Waals surface area contributed by atoms with Gasteiger partial charge in [-0.1, -0.05) is 12.1 Å². The molecule has 0 unspecified atom stereocenters. The molecule has 138 valence electrons. The van der Waals surface area contributed by atoms with Gasteiger partial charge in [0.05, 0.1) is 18.2 Å². The van der Waals surface area contributed by atoms with Crippen molar-refractivity contribution < 1.29 is 14.3 Å². The van der Waals surface area contributed by atoms with Crippen LogP contribution in [0.4, 0.5) is 0 Å². The van der Waals surface area contributed by atoms with E-state index >= 15 is 0 Å². The predicted molar refractivity (Wildman–Crippen MR) is 101 cm³/mol. The highest BCUT2D eigenvalue weighted by Crippen LogP contribution is 2.20. The second-order valence-electron chi connectivity index (χ2n) is 5.93. The molecular formula is C18H27N3O3S. The molecular weight excluding hydrogens is 338 g/mol. The number of rotatable bonds is 7. The third-order valence-electron chi connectivity index (χ3n) is 4.25. The zero-order valence-electron chi connectivity index (χ0n) is 14.9. The Morgan fingerprint density at radius 3 is 2.48 bits per heavy atom. The van der Waals surface area contributed by atoms with Gasteiger partial charge in [-0.15, -0.1) is 0 Å². The van der Waals surface area contributed by atoms with E-state index in [4.69, 9.17) is 10.5 Å². The van der Waals surface area contributed by atoms with Crippen molar-refractivity contribution in [3.05, 3.63) is 29.8 Å². The molecule has 0 bridgehead atoms. The topological polar surface area (TPSA) is 75.9 Å². The standard InChI is InChI=1S/C18H27N3O3S/c1-3-24-16-7-5-4-6-14(16)17(22)20-9-11-21(12-10-20)18(23)15(19)8-13-25-2/h4-7,15H,3,8-13,19H2,1-2H3/t15-/m0/s1. The van der Waals surface area contributed by atoms with Crippen molar-refractivity contribution in [1.29, 1.82) is 0 Å². The lowest BCUT2D eigenvalue weighted by molar-refractivity contribution is -0.134. The summed E-state index contributed by atoms with van der Waals surface area (Å²) in [7, 11) is 0.